The summed E-state index contributed by atoms with van der Waals surface area (Å²) in [5.41, 5.74) is 1.34. The number of thiol groups is 1. The van der Waals surface area contributed by atoms with E-state index in [0.717, 1.165) is 5.56 Å². The number of ether oxygens (including phenoxy) is 2. The number of hydrogen-bond donors (Lipinski definition) is 1. The lowest BCUT2D eigenvalue weighted by Gasteiger charge is -2.07. The molecule has 0 fully saturated rings. The van der Waals surface area contributed by atoms with Gasteiger partial charge in [0.2, 0.25) is 0 Å². The first kappa shape index (κ1) is 22.2. The molecule has 0 atom stereocenters. The van der Waals surface area contributed by atoms with Gasteiger partial charge in [-0.25, -0.2) is 4.79 Å². The smallest absolute Gasteiger partial charge is 0.343 e. The van der Waals surface area contributed by atoms with Gasteiger partial charge >= 0.3 is 11.9 Å². The molecule has 2 aromatic carbocycles. The Morgan fingerprint density at radius 1 is 1.03 bits per heavy atom. The third kappa shape index (κ3) is 8.65. The number of nitrogens with zero attached hydrogens (tertiary/aromatic N) is 1. The van der Waals surface area contributed by atoms with Crippen LogP contribution in [0, 0.1) is 10.1 Å². The molecule has 8 nitrogen and oxygen atoms in total. The third-order valence-electron chi connectivity index (χ3n) is 3.84. The van der Waals surface area contributed by atoms with E-state index in [1.54, 1.807) is 48.5 Å². The third-order valence-corrected chi connectivity index (χ3v) is 4.12. The number of carbonyl (C=O) groups excluding carboxylic acids is 2. The van der Waals surface area contributed by atoms with Crippen LogP contribution in [-0.2, 0) is 20.8 Å². The largest absolute Gasteiger partial charge is 0.465 e. The van der Waals surface area contributed by atoms with Gasteiger partial charge in [-0.15, -0.1) is 22.7 Å². The van der Waals surface area contributed by atoms with Crippen molar-refractivity contribution in [2.24, 2.45) is 0 Å². The van der Waals surface area contributed by atoms with Crippen LogP contribution in [0.3, 0.4) is 0 Å². The first-order valence-corrected chi connectivity index (χ1v) is 9.42. The van der Waals surface area contributed by atoms with Crippen LogP contribution in [0.4, 0.5) is 0 Å². The fourth-order valence-corrected chi connectivity index (χ4v) is 2.61. The minimum atomic E-state index is -0.857. The molecule has 0 saturated heterocycles. The highest BCUT2D eigenvalue weighted by molar-refractivity contribution is 7.80. The normalized spacial score (nSPS) is 10.2. The minimum absolute atomic E-state index is 0.0305. The molecule has 0 amide bonds. The number of esters is 2. The average molecular weight is 419 g/mol. The van der Waals surface area contributed by atoms with E-state index in [2.05, 4.69) is 17.5 Å². The van der Waals surface area contributed by atoms with Crippen molar-refractivity contribution in [1.29, 1.82) is 0 Å². The molecule has 0 heterocycles. The van der Waals surface area contributed by atoms with Gasteiger partial charge in [-0.1, -0.05) is 18.2 Å². The van der Waals surface area contributed by atoms with Crippen LogP contribution in [0.2, 0.25) is 0 Å². The van der Waals surface area contributed by atoms with Crippen LogP contribution in [0.5, 0.6) is 5.75 Å². The molecule has 9 heteroatoms. The molecule has 2 aromatic rings. The highest BCUT2D eigenvalue weighted by Crippen LogP contribution is 2.16. The molecule has 0 radical (unpaired) electrons. The van der Waals surface area contributed by atoms with E-state index in [1.807, 2.05) is 0 Å². The van der Waals surface area contributed by atoms with Crippen molar-refractivity contribution < 1.29 is 29.0 Å². The Hall–Kier alpha value is -3.07. The number of benzene rings is 2. The van der Waals surface area contributed by atoms with E-state index in [-0.39, 0.29) is 25.6 Å². The number of unbranched alkanes of at least 4 members (excludes halogenated alkanes) is 1. The Morgan fingerprint density at radius 2 is 1.79 bits per heavy atom. The number of carbonyl (C=O) groups is 2. The van der Waals surface area contributed by atoms with Crippen LogP contribution in [-0.4, -0.2) is 30.2 Å². The van der Waals surface area contributed by atoms with Gasteiger partial charge < -0.3 is 14.3 Å². The minimum Gasteiger partial charge on any atom is -0.465 e. The van der Waals surface area contributed by atoms with Crippen molar-refractivity contribution in [2.75, 3.05) is 13.2 Å². The van der Waals surface area contributed by atoms with Crippen molar-refractivity contribution in [3.63, 3.8) is 0 Å². The predicted molar refractivity (Wildman–Crippen MR) is 107 cm³/mol. The van der Waals surface area contributed by atoms with Crippen LogP contribution in [0.1, 0.15) is 35.2 Å². The van der Waals surface area contributed by atoms with Gasteiger partial charge in [0, 0.05) is 17.7 Å². The summed E-state index contributed by atoms with van der Waals surface area (Å²) in [5, 5.41) is 9.13. The quantitative estimate of drug-likeness (QED) is 0.148. The number of hydrogen-bond acceptors (Lipinski definition) is 8. The Bertz CT molecular complexity index is 839. The zero-order valence-corrected chi connectivity index (χ0v) is 16.5. The molecule has 0 N–H and O–H groups in total. The second-order valence-corrected chi connectivity index (χ2v) is 6.58. The van der Waals surface area contributed by atoms with Gasteiger partial charge in [-0.2, -0.15) is 0 Å². The molecular formula is C20H21NO7S. The van der Waals surface area contributed by atoms with E-state index < -0.39 is 11.1 Å². The maximum absolute atomic E-state index is 12.1. The van der Waals surface area contributed by atoms with Gasteiger partial charge in [-0.3, -0.25) is 4.79 Å². The summed E-state index contributed by atoms with van der Waals surface area (Å²) < 4.78 is 10.5. The molecule has 0 aliphatic carbocycles. The molecule has 0 spiro atoms. The van der Waals surface area contributed by atoms with Crippen LogP contribution in [0.25, 0.3) is 0 Å². The second kappa shape index (κ2) is 11.7. The van der Waals surface area contributed by atoms with Crippen molar-refractivity contribution in [3.05, 3.63) is 69.8 Å². The predicted octanol–water partition coefficient (Wildman–Crippen LogP) is 3.66. The number of rotatable bonds is 11. The van der Waals surface area contributed by atoms with Crippen LogP contribution in [0.15, 0.2) is 53.4 Å². The van der Waals surface area contributed by atoms with Crippen LogP contribution >= 0.6 is 12.6 Å². The highest BCUT2D eigenvalue weighted by atomic mass is 32.1. The fraction of sp³-hybridized carbons (Fsp3) is 0.300. The van der Waals surface area contributed by atoms with E-state index in [4.69, 9.17) is 9.47 Å². The second-order valence-electron chi connectivity index (χ2n) is 6.07. The molecule has 154 valence electrons. The summed E-state index contributed by atoms with van der Waals surface area (Å²) in [7, 11) is 0. The van der Waals surface area contributed by atoms with Gasteiger partial charge in [0.1, 0.15) is 5.75 Å². The van der Waals surface area contributed by atoms with Gasteiger partial charge in [-0.05, 0) is 48.7 Å². The molecular weight excluding hydrogens is 398 g/mol. The summed E-state index contributed by atoms with van der Waals surface area (Å²) >= 11 is 4.20. The maximum Gasteiger partial charge on any atom is 0.343 e. The van der Waals surface area contributed by atoms with E-state index in [9.17, 15) is 19.7 Å². The summed E-state index contributed by atoms with van der Waals surface area (Å²) in [5.74, 6) is -0.411. The fourth-order valence-electron chi connectivity index (χ4n) is 2.39. The first-order valence-electron chi connectivity index (χ1n) is 8.97. The van der Waals surface area contributed by atoms with Crippen molar-refractivity contribution >= 4 is 24.6 Å². The highest BCUT2D eigenvalue weighted by Gasteiger charge is 2.09. The van der Waals surface area contributed by atoms with E-state index in [0.29, 0.717) is 35.5 Å². The monoisotopic (exact) mass is 419 g/mol. The molecule has 0 unspecified atom stereocenters. The maximum atomic E-state index is 12.1. The van der Waals surface area contributed by atoms with Gasteiger partial charge in [0.05, 0.1) is 18.8 Å². The Kier molecular flexibility index (Phi) is 8.97. The molecule has 0 aromatic heterocycles. The average Bonchev–Trinajstić information content (AvgIpc) is 2.69. The summed E-state index contributed by atoms with van der Waals surface area (Å²) in [6.45, 7) is 0.190. The molecule has 0 aliphatic rings. The van der Waals surface area contributed by atoms with E-state index >= 15 is 0 Å². The van der Waals surface area contributed by atoms with Crippen molar-refractivity contribution in [1.82, 2.24) is 0 Å². The Morgan fingerprint density at radius 3 is 2.48 bits per heavy atom. The van der Waals surface area contributed by atoms with Crippen molar-refractivity contribution in [2.45, 2.75) is 30.6 Å². The first-order chi connectivity index (χ1) is 13.9. The van der Waals surface area contributed by atoms with Gasteiger partial charge in [0.15, 0.2) is 0 Å². The summed E-state index contributed by atoms with van der Waals surface area (Å²) in [4.78, 5) is 38.5. The van der Waals surface area contributed by atoms with E-state index in [1.165, 1.54) is 0 Å². The molecule has 0 bridgehead atoms. The lowest BCUT2D eigenvalue weighted by atomic mass is 10.1. The zero-order valence-electron chi connectivity index (χ0n) is 15.6. The summed E-state index contributed by atoms with van der Waals surface area (Å²) in [6, 6.07) is 13.7. The topological polar surface area (TPSA) is 105 Å². The van der Waals surface area contributed by atoms with Gasteiger partial charge in [0.25, 0.3) is 5.09 Å². The lowest BCUT2D eigenvalue weighted by molar-refractivity contribution is -0.757. The lowest BCUT2D eigenvalue weighted by Crippen LogP contribution is -2.09. The molecule has 0 aliphatic heterocycles. The molecule has 29 heavy (non-hydrogen) atoms. The van der Waals surface area contributed by atoms with Crippen molar-refractivity contribution in [3.8, 4) is 5.75 Å². The molecule has 2 rings (SSSR count). The summed E-state index contributed by atoms with van der Waals surface area (Å²) in [6.07, 6.45) is 1.58. The zero-order chi connectivity index (χ0) is 21.1. The Labute approximate surface area is 173 Å². The van der Waals surface area contributed by atoms with Crippen LogP contribution < -0.4 is 4.74 Å². The molecule has 0 saturated carbocycles. The SMILES string of the molecule is O=C(CCCCO[N+](=O)[O-])OCCc1ccc(OC(=O)c2cccc(S)c2)cc1. The Balaban J connectivity index is 1.68. The standard InChI is InChI=1S/C20H21NO7S/c22-19(6-1-2-12-27-21(24)25)26-13-11-15-7-9-17(10-8-15)28-20(23)16-4-3-5-18(29)14-16/h3-5,7-10,14,29H,1-2,6,11-13H2.